The maximum atomic E-state index is 12.2. The Balaban J connectivity index is 2.13. The molecule has 0 aliphatic heterocycles. The van der Waals surface area contributed by atoms with Crippen molar-refractivity contribution >= 4 is 37.6 Å². The lowest BCUT2D eigenvalue weighted by atomic mass is 10.1. The average molecular weight is 375 g/mol. The van der Waals surface area contributed by atoms with Crippen LogP contribution in [0.2, 0.25) is 0 Å². The molecule has 3 nitrogen and oxygen atoms in total. The summed E-state index contributed by atoms with van der Waals surface area (Å²) in [6.45, 7) is 0.236. The Morgan fingerprint density at radius 2 is 1.75 bits per heavy atom. The Kier molecular flexibility index (Phi) is 5.21. The van der Waals surface area contributed by atoms with Gasteiger partial charge in [0, 0.05) is 16.9 Å². The third-order valence-electron chi connectivity index (χ3n) is 2.72. The molecule has 0 unspecified atom stereocenters. The maximum Gasteiger partial charge on any atom is 0.240 e. The second-order valence-electron chi connectivity index (χ2n) is 4.24. The van der Waals surface area contributed by atoms with E-state index < -0.39 is 10.0 Å². The normalized spacial score (nSPS) is 11.5. The summed E-state index contributed by atoms with van der Waals surface area (Å²) < 4.78 is 27.6. The van der Waals surface area contributed by atoms with Crippen LogP contribution < -0.4 is 4.72 Å². The van der Waals surface area contributed by atoms with Gasteiger partial charge >= 0.3 is 0 Å². The van der Waals surface area contributed by atoms with Crippen LogP contribution in [0.1, 0.15) is 11.1 Å². The van der Waals surface area contributed by atoms with Gasteiger partial charge in [0.15, 0.2) is 0 Å². The lowest BCUT2D eigenvalue weighted by molar-refractivity contribution is 0.581. The number of nitrogens with one attached hydrogen (secondary N) is 1. The quantitative estimate of drug-likeness (QED) is 0.812. The van der Waals surface area contributed by atoms with Gasteiger partial charge in [-0.1, -0.05) is 46.3 Å². The molecule has 0 fully saturated rings. The first kappa shape index (κ1) is 15.5. The Hall–Kier alpha value is -0.880. The highest BCUT2D eigenvalue weighted by Gasteiger charge is 2.13. The number of hydrogen-bond donors (Lipinski definition) is 1. The molecule has 0 atom stereocenters. The second-order valence-corrected chi connectivity index (χ2v) is 7.19. The Bertz CT molecular complexity index is 704. The molecule has 2 rings (SSSR count). The SMILES string of the molecule is O=S(=O)(NCc1cccc(CCl)c1)c1cccc(Br)c1. The van der Waals surface area contributed by atoms with Gasteiger partial charge in [-0.3, -0.25) is 0 Å². The first-order valence-electron chi connectivity index (χ1n) is 5.90. The molecule has 0 saturated carbocycles. The summed E-state index contributed by atoms with van der Waals surface area (Å²) in [6.07, 6.45) is 0. The number of alkyl halides is 1. The Morgan fingerprint density at radius 1 is 1.05 bits per heavy atom. The third kappa shape index (κ3) is 4.06. The third-order valence-corrected chi connectivity index (χ3v) is 4.92. The predicted octanol–water partition coefficient (Wildman–Crippen LogP) is 3.67. The average Bonchev–Trinajstić information content (AvgIpc) is 2.45. The lowest BCUT2D eigenvalue weighted by Gasteiger charge is -2.08. The highest BCUT2D eigenvalue weighted by molar-refractivity contribution is 9.10. The van der Waals surface area contributed by atoms with E-state index in [0.29, 0.717) is 5.88 Å². The van der Waals surface area contributed by atoms with Gasteiger partial charge in [-0.15, -0.1) is 11.6 Å². The minimum Gasteiger partial charge on any atom is -0.207 e. The summed E-state index contributed by atoms with van der Waals surface area (Å²) in [7, 11) is -3.51. The largest absolute Gasteiger partial charge is 0.240 e. The van der Waals surface area contributed by atoms with E-state index in [0.717, 1.165) is 15.6 Å². The van der Waals surface area contributed by atoms with Crippen LogP contribution in [0.5, 0.6) is 0 Å². The first-order chi connectivity index (χ1) is 9.51. The summed E-state index contributed by atoms with van der Waals surface area (Å²) in [5, 5.41) is 0. The summed E-state index contributed by atoms with van der Waals surface area (Å²) in [5.74, 6) is 0.409. The second kappa shape index (κ2) is 6.72. The van der Waals surface area contributed by atoms with E-state index >= 15 is 0 Å². The van der Waals surface area contributed by atoms with Crippen molar-refractivity contribution in [1.82, 2.24) is 4.72 Å². The van der Waals surface area contributed by atoms with Crippen LogP contribution in [0.4, 0.5) is 0 Å². The van der Waals surface area contributed by atoms with Crippen molar-refractivity contribution in [3.63, 3.8) is 0 Å². The molecule has 2 aromatic rings. The lowest BCUT2D eigenvalue weighted by Crippen LogP contribution is -2.23. The zero-order valence-corrected chi connectivity index (χ0v) is 13.7. The summed E-state index contributed by atoms with van der Waals surface area (Å²) in [6, 6.07) is 14.1. The van der Waals surface area contributed by atoms with Crippen molar-refractivity contribution in [3.05, 3.63) is 64.1 Å². The van der Waals surface area contributed by atoms with Crippen molar-refractivity contribution in [2.45, 2.75) is 17.3 Å². The van der Waals surface area contributed by atoms with Gasteiger partial charge in [-0.05, 0) is 29.3 Å². The van der Waals surface area contributed by atoms with Crippen molar-refractivity contribution < 1.29 is 8.42 Å². The highest BCUT2D eigenvalue weighted by Crippen LogP contribution is 2.16. The van der Waals surface area contributed by atoms with E-state index in [9.17, 15) is 8.42 Å². The summed E-state index contributed by atoms with van der Waals surface area (Å²) in [5.41, 5.74) is 1.84. The molecule has 0 aromatic heterocycles. The van der Waals surface area contributed by atoms with Gasteiger partial charge in [-0.25, -0.2) is 13.1 Å². The van der Waals surface area contributed by atoms with E-state index in [2.05, 4.69) is 20.7 Å². The van der Waals surface area contributed by atoms with Gasteiger partial charge in [0.05, 0.1) is 4.90 Å². The van der Waals surface area contributed by atoms with Crippen molar-refractivity contribution in [1.29, 1.82) is 0 Å². The predicted molar refractivity (Wildman–Crippen MR) is 84.2 cm³/mol. The van der Waals surface area contributed by atoms with E-state index in [1.54, 1.807) is 24.3 Å². The van der Waals surface area contributed by atoms with E-state index in [1.807, 2.05) is 24.3 Å². The fourth-order valence-corrected chi connectivity index (χ4v) is 3.50. The zero-order valence-electron chi connectivity index (χ0n) is 10.5. The number of sulfonamides is 1. The van der Waals surface area contributed by atoms with Gasteiger partial charge < -0.3 is 0 Å². The molecule has 0 saturated heterocycles. The van der Waals surface area contributed by atoms with Gasteiger partial charge in [0.25, 0.3) is 0 Å². The fraction of sp³-hybridized carbons (Fsp3) is 0.143. The molecule has 0 heterocycles. The molecule has 0 bridgehead atoms. The molecule has 20 heavy (non-hydrogen) atoms. The molecule has 106 valence electrons. The Labute approximate surface area is 132 Å². The molecule has 0 amide bonds. The standard InChI is InChI=1S/C14H13BrClNO2S/c15-13-5-2-6-14(8-13)20(18,19)17-10-12-4-1-3-11(7-12)9-16/h1-8,17H,9-10H2. The molecule has 2 aromatic carbocycles. The van der Waals surface area contributed by atoms with Crippen LogP contribution in [0.25, 0.3) is 0 Å². The molecule has 0 spiro atoms. The van der Waals surface area contributed by atoms with Crippen LogP contribution in [0.3, 0.4) is 0 Å². The van der Waals surface area contributed by atoms with E-state index in [-0.39, 0.29) is 11.4 Å². The topological polar surface area (TPSA) is 46.2 Å². The molecule has 6 heteroatoms. The number of halogens is 2. The van der Waals surface area contributed by atoms with Gasteiger partial charge in [0.1, 0.15) is 0 Å². The van der Waals surface area contributed by atoms with Crippen LogP contribution in [-0.2, 0) is 22.4 Å². The van der Waals surface area contributed by atoms with Gasteiger partial charge in [-0.2, -0.15) is 0 Å². The monoisotopic (exact) mass is 373 g/mol. The van der Waals surface area contributed by atoms with Crippen LogP contribution >= 0.6 is 27.5 Å². The van der Waals surface area contributed by atoms with Crippen molar-refractivity contribution in [3.8, 4) is 0 Å². The molecule has 0 radical (unpaired) electrons. The van der Waals surface area contributed by atoms with Crippen LogP contribution in [0.15, 0.2) is 57.9 Å². The van der Waals surface area contributed by atoms with Gasteiger partial charge in [0.2, 0.25) is 10.0 Å². The first-order valence-corrected chi connectivity index (χ1v) is 8.71. The zero-order chi connectivity index (χ0) is 14.6. The molecular formula is C14H13BrClNO2S. The maximum absolute atomic E-state index is 12.2. The van der Waals surface area contributed by atoms with Crippen LogP contribution in [-0.4, -0.2) is 8.42 Å². The van der Waals surface area contributed by atoms with Crippen molar-refractivity contribution in [2.75, 3.05) is 0 Å². The number of rotatable bonds is 5. The minimum absolute atomic E-state index is 0.236. The minimum atomic E-state index is -3.51. The van der Waals surface area contributed by atoms with Crippen molar-refractivity contribution in [2.24, 2.45) is 0 Å². The van der Waals surface area contributed by atoms with E-state index in [1.165, 1.54) is 0 Å². The summed E-state index contributed by atoms with van der Waals surface area (Å²) >= 11 is 9.02. The molecule has 1 N–H and O–H groups in total. The fourth-order valence-electron chi connectivity index (χ4n) is 1.72. The highest BCUT2D eigenvalue weighted by atomic mass is 79.9. The Morgan fingerprint density at radius 3 is 2.45 bits per heavy atom. The molecule has 0 aliphatic carbocycles. The molecule has 0 aliphatic rings. The summed E-state index contributed by atoms with van der Waals surface area (Å²) in [4.78, 5) is 0.236. The number of hydrogen-bond acceptors (Lipinski definition) is 2. The molecular weight excluding hydrogens is 362 g/mol. The smallest absolute Gasteiger partial charge is 0.207 e. The van der Waals surface area contributed by atoms with Crippen LogP contribution in [0, 0.1) is 0 Å². The van der Waals surface area contributed by atoms with E-state index in [4.69, 9.17) is 11.6 Å². The number of benzene rings is 2.